The molecule has 0 fully saturated rings. The van der Waals surface area contributed by atoms with Gasteiger partial charge < -0.3 is 4.74 Å². The van der Waals surface area contributed by atoms with Crippen LogP contribution < -0.4 is 9.64 Å². The normalized spacial score (nSPS) is 14.3. The molecule has 0 spiro atoms. The molecule has 32 heavy (non-hydrogen) atoms. The summed E-state index contributed by atoms with van der Waals surface area (Å²) in [6.07, 6.45) is -4.61. The molecular weight excluding hydrogens is 439 g/mol. The first-order valence-corrected chi connectivity index (χ1v) is 10.3. The van der Waals surface area contributed by atoms with Crippen molar-refractivity contribution in [2.75, 3.05) is 12.0 Å². The van der Waals surface area contributed by atoms with E-state index < -0.39 is 23.6 Å². The first-order chi connectivity index (χ1) is 15.3. The van der Waals surface area contributed by atoms with Crippen LogP contribution in [0, 0.1) is 0 Å². The van der Waals surface area contributed by atoms with E-state index in [9.17, 15) is 22.8 Å². The van der Waals surface area contributed by atoms with Gasteiger partial charge in [-0.2, -0.15) is 13.2 Å². The van der Waals surface area contributed by atoms with Crippen LogP contribution >= 0.6 is 11.8 Å². The summed E-state index contributed by atoms with van der Waals surface area (Å²) in [7, 11) is 1.44. The van der Waals surface area contributed by atoms with E-state index in [1.54, 1.807) is 48.5 Å². The second kappa shape index (κ2) is 8.55. The summed E-state index contributed by atoms with van der Waals surface area (Å²) in [5.74, 6) is -1.03. The second-order valence-electron chi connectivity index (χ2n) is 6.81. The molecule has 0 saturated carbocycles. The fourth-order valence-electron chi connectivity index (χ4n) is 3.36. The summed E-state index contributed by atoms with van der Waals surface area (Å²) in [6.45, 7) is 0. The zero-order valence-corrected chi connectivity index (χ0v) is 17.5. The highest BCUT2D eigenvalue weighted by Gasteiger charge is 2.42. The van der Waals surface area contributed by atoms with Gasteiger partial charge in [0, 0.05) is 10.5 Å². The Morgan fingerprint density at radius 2 is 1.53 bits per heavy atom. The van der Waals surface area contributed by atoms with Gasteiger partial charge in [-0.25, -0.2) is 4.90 Å². The van der Waals surface area contributed by atoms with Crippen molar-refractivity contribution in [2.45, 2.75) is 11.1 Å². The van der Waals surface area contributed by atoms with Gasteiger partial charge >= 0.3 is 6.18 Å². The third-order valence-electron chi connectivity index (χ3n) is 4.81. The molecule has 4 rings (SSSR count). The summed E-state index contributed by atoms with van der Waals surface area (Å²) < 4.78 is 45.1. The number of carbonyl (C=O) groups excluding carboxylic acids is 2. The number of thioether (sulfide) groups is 1. The summed E-state index contributed by atoms with van der Waals surface area (Å²) >= 11 is 1.08. The number of amides is 2. The smallest absolute Gasteiger partial charge is 0.416 e. The van der Waals surface area contributed by atoms with Crippen molar-refractivity contribution in [3.63, 3.8) is 0 Å². The number of benzene rings is 3. The number of anilines is 1. The molecule has 0 aromatic heterocycles. The van der Waals surface area contributed by atoms with Gasteiger partial charge in [-0.05, 0) is 36.4 Å². The van der Waals surface area contributed by atoms with Crippen LogP contribution in [0.2, 0.25) is 0 Å². The van der Waals surface area contributed by atoms with Crippen molar-refractivity contribution >= 4 is 34.8 Å². The molecule has 0 aliphatic carbocycles. The third-order valence-corrected chi connectivity index (χ3v) is 5.90. The Kier molecular flexibility index (Phi) is 5.80. The van der Waals surface area contributed by atoms with Crippen molar-refractivity contribution in [2.24, 2.45) is 0 Å². The number of para-hydroxylation sites is 1. The fourth-order valence-corrected chi connectivity index (χ4v) is 4.36. The Hall–Kier alpha value is -3.52. The monoisotopic (exact) mass is 455 g/mol. The maximum atomic E-state index is 13.4. The van der Waals surface area contributed by atoms with Crippen LogP contribution in [-0.2, 0) is 15.8 Å². The lowest BCUT2D eigenvalue weighted by Crippen LogP contribution is -2.31. The van der Waals surface area contributed by atoms with E-state index in [4.69, 9.17) is 4.74 Å². The average molecular weight is 455 g/mol. The predicted molar refractivity (Wildman–Crippen MR) is 116 cm³/mol. The molecule has 0 atom stereocenters. The van der Waals surface area contributed by atoms with Crippen LogP contribution in [-0.4, -0.2) is 18.9 Å². The molecule has 0 unspecified atom stereocenters. The summed E-state index contributed by atoms with van der Waals surface area (Å²) in [5, 5.41) is 0. The standard InChI is InChI=1S/C24H16F3NO3S/c1-31-19-13-6-5-12-18(19)20-21(32-17-10-3-2-4-11-17)23(30)28(22(20)29)16-9-7-8-15(14-16)24(25,26)27/h2-14H,1H3. The molecule has 3 aromatic rings. The lowest BCUT2D eigenvalue weighted by molar-refractivity contribution is -0.137. The highest BCUT2D eigenvalue weighted by Crippen LogP contribution is 2.44. The van der Waals surface area contributed by atoms with Gasteiger partial charge in [-0.15, -0.1) is 0 Å². The van der Waals surface area contributed by atoms with Crippen molar-refractivity contribution < 1.29 is 27.5 Å². The molecule has 0 saturated heterocycles. The van der Waals surface area contributed by atoms with E-state index in [2.05, 4.69) is 0 Å². The number of methoxy groups -OCH3 is 1. The number of hydrogen-bond donors (Lipinski definition) is 0. The number of nitrogens with zero attached hydrogens (tertiary/aromatic N) is 1. The topological polar surface area (TPSA) is 46.6 Å². The first kappa shape index (κ1) is 21.7. The zero-order chi connectivity index (χ0) is 22.9. The van der Waals surface area contributed by atoms with Crippen LogP contribution in [0.5, 0.6) is 5.75 Å². The third kappa shape index (κ3) is 4.01. The number of carbonyl (C=O) groups is 2. The largest absolute Gasteiger partial charge is 0.496 e. The van der Waals surface area contributed by atoms with E-state index in [1.807, 2.05) is 6.07 Å². The highest BCUT2D eigenvalue weighted by molar-refractivity contribution is 8.04. The van der Waals surface area contributed by atoms with Gasteiger partial charge in [0.15, 0.2) is 0 Å². The Bertz CT molecular complexity index is 1220. The minimum Gasteiger partial charge on any atom is -0.496 e. The number of halogens is 3. The molecule has 1 heterocycles. The molecule has 0 bridgehead atoms. The molecule has 162 valence electrons. The van der Waals surface area contributed by atoms with E-state index in [0.29, 0.717) is 16.2 Å². The number of rotatable bonds is 5. The molecule has 1 aliphatic rings. The van der Waals surface area contributed by atoms with E-state index in [-0.39, 0.29) is 16.2 Å². The number of alkyl halides is 3. The van der Waals surface area contributed by atoms with E-state index in [0.717, 1.165) is 28.8 Å². The lowest BCUT2D eigenvalue weighted by Gasteiger charge is -2.17. The van der Waals surface area contributed by atoms with Gasteiger partial charge in [0.1, 0.15) is 5.75 Å². The zero-order valence-electron chi connectivity index (χ0n) is 16.7. The van der Waals surface area contributed by atoms with Crippen LogP contribution in [0.3, 0.4) is 0 Å². The fraction of sp³-hybridized carbons (Fsp3) is 0.0833. The van der Waals surface area contributed by atoms with Gasteiger partial charge in [-0.1, -0.05) is 54.2 Å². The molecule has 4 nitrogen and oxygen atoms in total. The molecule has 0 radical (unpaired) electrons. The Balaban J connectivity index is 1.85. The number of imide groups is 1. The quantitative estimate of drug-likeness (QED) is 0.457. The minimum atomic E-state index is -4.61. The molecule has 2 amide bonds. The Labute approximate surface area is 186 Å². The maximum absolute atomic E-state index is 13.4. The molecule has 8 heteroatoms. The molecule has 3 aromatic carbocycles. The van der Waals surface area contributed by atoms with Crippen molar-refractivity contribution in [3.05, 3.63) is 94.9 Å². The van der Waals surface area contributed by atoms with Crippen LogP contribution in [0.4, 0.5) is 18.9 Å². The average Bonchev–Trinajstić information content (AvgIpc) is 3.03. The number of ether oxygens (including phenoxy) is 1. The van der Waals surface area contributed by atoms with Gasteiger partial charge in [0.25, 0.3) is 11.8 Å². The van der Waals surface area contributed by atoms with Gasteiger partial charge in [-0.3, -0.25) is 9.59 Å². The van der Waals surface area contributed by atoms with Crippen LogP contribution in [0.25, 0.3) is 5.57 Å². The Morgan fingerprint density at radius 3 is 2.22 bits per heavy atom. The minimum absolute atomic E-state index is 0.0821. The summed E-state index contributed by atoms with van der Waals surface area (Å²) in [4.78, 5) is 28.4. The SMILES string of the molecule is COc1ccccc1C1=C(Sc2ccccc2)C(=O)N(c2cccc(C(F)(F)F)c2)C1=O. The Morgan fingerprint density at radius 1 is 0.844 bits per heavy atom. The van der Waals surface area contributed by atoms with Crippen molar-refractivity contribution in [1.82, 2.24) is 0 Å². The summed E-state index contributed by atoms with van der Waals surface area (Å²) in [5.41, 5.74) is -0.621. The van der Waals surface area contributed by atoms with Crippen LogP contribution in [0.15, 0.2) is 88.7 Å². The highest BCUT2D eigenvalue weighted by atomic mass is 32.2. The molecular formula is C24H16F3NO3S. The van der Waals surface area contributed by atoms with Crippen molar-refractivity contribution in [1.29, 1.82) is 0 Å². The van der Waals surface area contributed by atoms with Gasteiger partial charge in [0.2, 0.25) is 0 Å². The first-order valence-electron chi connectivity index (χ1n) is 9.48. The maximum Gasteiger partial charge on any atom is 0.416 e. The summed E-state index contributed by atoms with van der Waals surface area (Å²) in [6, 6.07) is 19.8. The molecule has 0 N–H and O–H groups in total. The predicted octanol–water partition coefficient (Wildman–Crippen LogP) is 5.79. The molecule has 1 aliphatic heterocycles. The van der Waals surface area contributed by atoms with Gasteiger partial charge in [0.05, 0.1) is 28.8 Å². The number of hydrogen-bond acceptors (Lipinski definition) is 4. The van der Waals surface area contributed by atoms with Crippen LogP contribution in [0.1, 0.15) is 11.1 Å². The second-order valence-corrected chi connectivity index (χ2v) is 7.90. The van der Waals surface area contributed by atoms with E-state index in [1.165, 1.54) is 19.2 Å². The lowest BCUT2D eigenvalue weighted by atomic mass is 10.0. The van der Waals surface area contributed by atoms with E-state index >= 15 is 0 Å². The van der Waals surface area contributed by atoms with Crippen molar-refractivity contribution in [3.8, 4) is 5.75 Å².